The van der Waals surface area contributed by atoms with Crippen molar-refractivity contribution in [2.75, 3.05) is 0 Å². The lowest BCUT2D eigenvalue weighted by Gasteiger charge is -2.07. The maximum Gasteiger partial charge on any atom is 0.293 e. The van der Waals surface area contributed by atoms with Gasteiger partial charge >= 0.3 is 0 Å². The van der Waals surface area contributed by atoms with E-state index in [9.17, 15) is 4.79 Å². The maximum absolute atomic E-state index is 9.95. The average Bonchev–Trinajstić information content (AvgIpc) is 2.07. The summed E-state index contributed by atoms with van der Waals surface area (Å²) in [6.45, 7) is 2.24. The summed E-state index contributed by atoms with van der Waals surface area (Å²) in [4.78, 5) is 13.8. The molecule has 11 heavy (non-hydrogen) atoms. The summed E-state index contributed by atoms with van der Waals surface area (Å²) in [6.07, 6.45) is 3.15. The van der Waals surface area contributed by atoms with Crippen LogP contribution in [0.25, 0.3) is 0 Å². The fourth-order valence-electron chi connectivity index (χ4n) is 0.778. The van der Waals surface area contributed by atoms with Gasteiger partial charge in [-0.1, -0.05) is 6.07 Å². The number of carbonyl (C=O) groups is 1. The number of nitrogens with zero attached hydrogens (tertiary/aromatic N) is 1. The van der Waals surface area contributed by atoms with Gasteiger partial charge in [0.1, 0.15) is 6.10 Å². The van der Waals surface area contributed by atoms with Crippen LogP contribution in [0.15, 0.2) is 24.5 Å². The van der Waals surface area contributed by atoms with E-state index in [1.54, 1.807) is 25.4 Å². The second-order valence-electron chi connectivity index (χ2n) is 2.16. The van der Waals surface area contributed by atoms with Crippen LogP contribution in [0.2, 0.25) is 0 Å². The van der Waals surface area contributed by atoms with E-state index < -0.39 is 0 Å². The van der Waals surface area contributed by atoms with Crippen LogP contribution in [0.4, 0.5) is 0 Å². The fraction of sp³-hybridized carbons (Fsp3) is 0.250. The Balaban J connectivity index is 2.68. The number of hydrogen-bond donors (Lipinski definition) is 0. The van der Waals surface area contributed by atoms with Crippen molar-refractivity contribution in [3.63, 3.8) is 0 Å². The molecular weight excluding hydrogens is 142 g/mol. The summed E-state index contributed by atoms with van der Waals surface area (Å²) in [6, 6.07) is 3.67. The predicted octanol–water partition coefficient (Wildman–Crippen LogP) is 1.32. The molecule has 1 atom stereocenters. The standard InChI is InChI=1S/C8H9NO2/c1-7(11-6-10)8-3-2-4-9-5-8/h2-7H,1H3. The molecule has 0 aromatic carbocycles. The molecule has 0 saturated carbocycles. The quantitative estimate of drug-likeness (QED) is 0.611. The summed E-state index contributed by atoms with van der Waals surface area (Å²) in [5, 5.41) is 0. The molecule has 58 valence electrons. The highest BCUT2D eigenvalue weighted by molar-refractivity contribution is 5.38. The van der Waals surface area contributed by atoms with Gasteiger partial charge in [0.2, 0.25) is 0 Å². The van der Waals surface area contributed by atoms with Crippen molar-refractivity contribution in [3.8, 4) is 0 Å². The molecule has 0 radical (unpaired) electrons. The second-order valence-corrected chi connectivity index (χ2v) is 2.16. The molecule has 0 aliphatic heterocycles. The molecule has 1 unspecified atom stereocenters. The first-order valence-electron chi connectivity index (χ1n) is 3.33. The molecule has 0 N–H and O–H groups in total. The first-order valence-corrected chi connectivity index (χ1v) is 3.33. The zero-order chi connectivity index (χ0) is 8.10. The monoisotopic (exact) mass is 151 g/mol. The van der Waals surface area contributed by atoms with Crippen molar-refractivity contribution in [2.24, 2.45) is 0 Å². The molecule has 0 aliphatic rings. The third kappa shape index (κ3) is 2.04. The van der Waals surface area contributed by atoms with Crippen molar-refractivity contribution in [2.45, 2.75) is 13.0 Å². The third-order valence-electron chi connectivity index (χ3n) is 1.41. The summed E-state index contributed by atoms with van der Waals surface area (Å²) in [7, 11) is 0. The molecule has 0 saturated heterocycles. The lowest BCUT2D eigenvalue weighted by Crippen LogP contribution is -1.97. The Morgan fingerprint density at radius 3 is 3.09 bits per heavy atom. The van der Waals surface area contributed by atoms with Crippen molar-refractivity contribution < 1.29 is 9.53 Å². The van der Waals surface area contributed by atoms with Gasteiger partial charge in [-0.3, -0.25) is 9.78 Å². The van der Waals surface area contributed by atoms with Crippen LogP contribution >= 0.6 is 0 Å². The van der Waals surface area contributed by atoms with Crippen molar-refractivity contribution in [1.82, 2.24) is 4.98 Å². The summed E-state index contributed by atoms with van der Waals surface area (Å²) in [5.41, 5.74) is 0.902. The zero-order valence-electron chi connectivity index (χ0n) is 6.23. The van der Waals surface area contributed by atoms with Crippen molar-refractivity contribution in [3.05, 3.63) is 30.1 Å². The molecule has 1 rings (SSSR count). The van der Waals surface area contributed by atoms with E-state index in [2.05, 4.69) is 4.98 Å². The molecule has 3 nitrogen and oxygen atoms in total. The Hall–Kier alpha value is -1.38. The van der Waals surface area contributed by atoms with Crippen LogP contribution in [0, 0.1) is 0 Å². The molecule has 0 amide bonds. The highest BCUT2D eigenvalue weighted by atomic mass is 16.5. The molecule has 0 spiro atoms. The number of aromatic nitrogens is 1. The molecule has 1 heterocycles. The summed E-state index contributed by atoms with van der Waals surface area (Å²) < 4.78 is 4.71. The number of hydrogen-bond acceptors (Lipinski definition) is 3. The molecule has 0 aliphatic carbocycles. The minimum atomic E-state index is -0.207. The van der Waals surface area contributed by atoms with Gasteiger partial charge in [0, 0.05) is 18.0 Å². The van der Waals surface area contributed by atoms with Crippen LogP contribution in [-0.4, -0.2) is 11.5 Å². The molecule has 0 fully saturated rings. The van der Waals surface area contributed by atoms with Gasteiger partial charge in [0.15, 0.2) is 0 Å². The van der Waals surface area contributed by atoms with E-state index >= 15 is 0 Å². The topological polar surface area (TPSA) is 39.2 Å². The second kappa shape index (κ2) is 3.71. The first kappa shape index (κ1) is 7.72. The van der Waals surface area contributed by atoms with Crippen LogP contribution in [0.1, 0.15) is 18.6 Å². The number of ether oxygens (including phenoxy) is 1. The Labute approximate surface area is 65.0 Å². The van der Waals surface area contributed by atoms with E-state index in [-0.39, 0.29) is 6.10 Å². The number of pyridine rings is 1. The van der Waals surface area contributed by atoms with Crippen molar-refractivity contribution >= 4 is 6.47 Å². The van der Waals surface area contributed by atoms with Gasteiger partial charge in [-0.05, 0) is 13.0 Å². The lowest BCUT2D eigenvalue weighted by molar-refractivity contribution is -0.133. The highest BCUT2D eigenvalue weighted by Gasteiger charge is 2.03. The first-order chi connectivity index (χ1) is 5.34. The molecule has 3 heteroatoms. The van der Waals surface area contributed by atoms with Crippen LogP contribution in [0.5, 0.6) is 0 Å². The fourth-order valence-corrected chi connectivity index (χ4v) is 0.778. The average molecular weight is 151 g/mol. The molecule has 0 bridgehead atoms. The van der Waals surface area contributed by atoms with E-state index in [0.717, 1.165) is 5.56 Å². The lowest BCUT2D eigenvalue weighted by atomic mass is 10.2. The number of rotatable bonds is 3. The van der Waals surface area contributed by atoms with Gasteiger partial charge in [-0.2, -0.15) is 0 Å². The van der Waals surface area contributed by atoms with Crippen LogP contribution < -0.4 is 0 Å². The minimum absolute atomic E-state index is 0.207. The van der Waals surface area contributed by atoms with Gasteiger partial charge in [0.05, 0.1) is 0 Å². The van der Waals surface area contributed by atoms with E-state index in [4.69, 9.17) is 4.74 Å². The van der Waals surface area contributed by atoms with Gasteiger partial charge < -0.3 is 4.74 Å². The Kier molecular flexibility index (Phi) is 2.60. The number of carbonyl (C=O) groups excluding carboxylic acids is 1. The largest absolute Gasteiger partial charge is 0.460 e. The highest BCUT2D eigenvalue weighted by Crippen LogP contribution is 2.12. The molecule has 1 aromatic heterocycles. The van der Waals surface area contributed by atoms with E-state index in [1.807, 2.05) is 6.07 Å². The normalized spacial score (nSPS) is 12.1. The van der Waals surface area contributed by atoms with Gasteiger partial charge in [0.25, 0.3) is 6.47 Å². The molecular formula is C8H9NO2. The van der Waals surface area contributed by atoms with E-state index in [1.165, 1.54) is 0 Å². The molecule has 1 aromatic rings. The van der Waals surface area contributed by atoms with Crippen LogP contribution in [0.3, 0.4) is 0 Å². The van der Waals surface area contributed by atoms with Gasteiger partial charge in [-0.25, -0.2) is 0 Å². The Bertz CT molecular complexity index is 223. The van der Waals surface area contributed by atoms with Gasteiger partial charge in [-0.15, -0.1) is 0 Å². The van der Waals surface area contributed by atoms with E-state index in [0.29, 0.717) is 6.47 Å². The smallest absolute Gasteiger partial charge is 0.293 e. The maximum atomic E-state index is 9.95. The van der Waals surface area contributed by atoms with Crippen molar-refractivity contribution in [1.29, 1.82) is 0 Å². The SMILES string of the molecule is CC(OC=O)c1cccnc1. The van der Waals surface area contributed by atoms with Crippen LogP contribution in [-0.2, 0) is 9.53 Å². The zero-order valence-corrected chi connectivity index (χ0v) is 6.23. The predicted molar refractivity (Wildman–Crippen MR) is 39.8 cm³/mol. The summed E-state index contributed by atoms with van der Waals surface area (Å²) >= 11 is 0. The Morgan fingerprint density at radius 1 is 1.73 bits per heavy atom. The third-order valence-corrected chi connectivity index (χ3v) is 1.41. The minimum Gasteiger partial charge on any atom is -0.460 e. The summed E-state index contributed by atoms with van der Waals surface area (Å²) in [5.74, 6) is 0. The Morgan fingerprint density at radius 2 is 2.55 bits per heavy atom.